The minimum absolute atomic E-state index is 0. The average Bonchev–Trinajstić information content (AvgIpc) is 2.57. The van der Waals surface area contributed by atoms with E-state index in [0.717, 1.165) is 10.6 Å². The molecule has 0 aliphatic carbocycles. The van der Waals surface area contributed by atoms with Gasteiger partial charge >= 0.3 is 6.09 Å². The monoisotopic (exact) mass is 342 g/mol. The van der Waals surface area contributed by atoms with E-state index >= 15 is 0 Å². The zero-order chi connectivity index (χ0) is 16.1. The van der Waals surface area contributed by atoms with Crippen molar-refractivity contribution in [2.24, 2.45) is 0 Å². The molecule has 0 saturated heterocycles. The standard InChI is InChI=1S/C18H14N2O3.ClH/c21-16-10-12-20(13-11-16)15-8-6-14(7-9-15)19-18(22)23-17-4-2-1-3-5-17;/h1-13H,(H,19,22);1H. The first-order valence-corrected chi connectivity index (χ1v) is 7.12. The number of ketones is 1. The van der Waals surface area contributed by atoms with Crippen molar-refractivity contribution in [1.82, 2.24) is 0 Å². The van der Waals surface area contributed by atoms with E-state index in [1.165, 1.54) is 12.2 Å². The first kappa shape index (κ1) is 17.5. The predicted octanol–water partition coefficient (Wildman–Crippen LogP) is -0.572. The Morgan fingerprint density at radius 2 is 1.54 bits per heavy atom. The number of carbonyl (C=O) groups is 2. The Bertz CT molecular complexity index is 755. The predicted molar refractivity (Wildman–Crippen MR) is 86.4 cm³/mol. The summed E-state index contributed by atoms with van der Waals surface area (Å²) in [6.07, 6.45) is 6.06. The number of allylic oxidation sites excluding steroid dienone is 2. The fraction of sp³-hybridized carbons (Fsp3) is 0. The van der Waals surface area contributed by atoms with Gasteiger partial charge in [0.2, 0.25) is 0 Å². The van der Waals surface area contributed by atoms with Gasteiger partial charge in [-0.3, -0.25) is 15.0 Å². The molecule has 122 valence electrons. The molecule has 3 rings (SSSR count). The summed E-state index contributed by atoms with van der Waals surface area (Å²) in [5.41, 5.74) is 1.60. The van der Waals surface area contributed by atoms with Crippen LogP contribution in [0.5, 0.6) is 5.75 Å². The molecule has 5 nitrogen and oxygen atoms in total. The Balaban J connectivity index is 0.00000208. The molecule has 6 heteroatoms. The highest BCUT2D eigenvalue weighted by Gasteiger charge is 2.11. The topological polar surface area (TPSA) is 59.8 Å². The van der Waals surface area contributed by atoms with Crippen LogP contribution in [-0.2, 0) is 4.79 Å². The van der Waals surface area contributed by atoms with Gasteiger partial charge in [-0.15, -0.1) is 0 Å². The van der Waals surface area contributed by atoms with Crippen LogP contribution in [0.4, 0.5) is 16.2 Å². The van der Waals surface area contributed by atoms with Crippen molar-refractivity contribution >= 4 is 23.3 Å². The molecule has 0 atom stereocenters. The lowest BCUT2D eigenvalue weighted by molar-refractivity contribution is -0.713. The van der Waals surface area contributed by atoms with Crippen LogP contribution in [0.15, 0.2) is 79.1 Å². The maximum atomic E-state index is 11.8. The maximum Gasteiger partial charge on any atom is 0.417 e. The largest absolute Gasteiger partial charge is 1.00 e. The van der Waals surface area contributed by atoms with Crippen molar-refractivity contribution in [2.45, 2.75) is 0 Å². The van der Waals surface area contributed by atoms with Crippen LogP contribution in [-0.4, -0.2) is 11.9 Å². The van der Waals surface area contributed by atoms with Crippen molar-refractivity contribution in [3.63, 3.8) is 0 Å². The molecule has 0 saturated carbocycles. The van der Waals surface area contributed by atoms with E-state index < -0.39 is 6.09 Å². The third kappa shape index (κ3) is 4.55. The molecular weight excluding hydrogens is 328 g/mol. The van der Waals surface area contributed by atoms with Gasteiger partial charge < -0.3 is 17.1 Å². The lowest BCUT2D eigenvalue weighted by atomic mass is 10.2. The fourth-order valence-electron chi connectivity index (χ4n) is 2.13. The first-order chi connectivity index (χ1) is 11.2. The second-order valence-electron chi connectivity index (χ2n) is 4.93. The number of amides is 1. The normalized spacial score (nSPS) is 13.2. The van der Waals surface area contributed by atoms with Crippen LogP contribution < -0.4 is 27.4 Å². The summed E-state index contributed by atoms with van der Waals surface area (Å²) in [5.74, 6) is 0.468. The van der Waals surface area contributed by atoms with Gasteiger partial charge in [-0.1, -0.05) is 18.2 Å². The van der Waals surface area contributed by atoms with Crippen LogP contribution in [0.2, 0.25) is 0 Å². The van der Waals surface area contributed by atoms with Crippen LogP contribution in [0, 0.1) is 0 Å². The van der Waals surface area contributed by atoms with Gasteiger partial charge in [0.1, 0.15) is 23.8 Å². The third-order valence-corrected chi connectivity index (χ3v) is 3.27. The molecule has 0 unspecified atom stereocenters. The molecule has 0 aromatic heterocycles. The molecule has 0 bridgehead atoms. The van der Waals surface area contributed by atoms with E-state index in [2.05, 4.69) is 5.32 Å². The SMILES string of the molecule is O=C1C=C[NH+](c2ccc(NC(=O)Oc3ccccc3)cc2)C=C1.[Cl-]. The summed E-state index contributed by atoms with van der Waals surface area (Å²) in [6.45, 7) is 0. The zero-order valence-electron chi connectivity index (χ0n) is 12.6. The summed E-state index contributed by atoms with van der Waals surface area (Å²) in [7, 11) is 0. The molecule has 1 heterocycles. The van der Waals surface area contributed by atoms with E-state index in [-0.39, 0.29) is 18.2 Å². The van der Waals surface area contributed by atoms with E-state index in [0.29, 0.717) is 11.4 Å². The van der Waals surface area contributed by atoms with E-state index in [1.54, 1.807) is 48.8 Å². The Morgan fingerprint density at radius 1 is 0.917 bits per heavy atom. The third-order valence-electron chi connectivity index (χ3n) is 3.27. The number of anilines is 1. The number of ether oxygens (including phenoxy) is 1. The molecule has 0 radical (unpaired) electrons. The number of quaternary nitrogens is 1. The quantitative estimate of drug-likeness (QED) is 0.785. The number of rotatable bonds is 3. The van der Waals surface area contributed by atoms with Crippen LogP contribution in [0.25, 0.3) is 0 Å². The smallest absolute Gasteiger partial charge is 0.417 e. The average molecular weight is 343 g/mol. The summed E-state index contributed by atoms with van der Waals surface area (Å²) in [6, 6.07) is 16.2. The number of carbonyl (C=O) groups excluding carboxylic acids is 2. The fourth-order valence-corrected chi connectivity index (χ4v) is 2.13. The van der Waals surface area contributed by atoms with Crippen molar-refractivity contribution < 1.29 is 31.6 Å². The lowest BCUT2D eigenvalue weighted by Crippen LogP contribution is -3.00. The molecule has 0 spiro atoms. The summed E-state index contributed by atoms with van der Waals surface area (Å²) < 4.78 is 5.16. The molecule has 1 amide bonds. The van der Waals surface area contributed by atoms with Crippen molar-refractivity contribution in [2.75, 3.05) is 5.32 Å². The summed E-state index contributed by atoms with van der Waals surface area (Å²) in [5, 5.41) is 2.67. The maximum absolute atomic E-state index is 11.8. The minimum Gasteiger partial charge on any atom is -1.00 e. The van der Waals surface area contributed by atoms with Crippen molar-refractivity contribution in [1.29, 1.82) is 0 Å². The van der Waals surface area contributed by atoms with Crippen LogP contribution in [0.3, 0.4) is 0 Å². The second-order valence-corrected chi connectivity index (χ2v) is 4.93. The van der Waals surface area contributed by atoms with Crippen LogP contribution in [0.1, 0.15) is 0 Å². The van der Waals surface area contributed by atoms with Gasteiger partial charge in [0.25, 0.3) is 0 Å². The summed E-state index contributed by atoms with van der Waals surface area (Å²) in [4.78, 5) is 23.9. The van der Waals surface area contributed by atoms with Gasteiger partial charge in [0.15, 0.2) is 5.78 Å². The zero-order valence-corrected chi connectivity index (χ0v) is 13.4. The minimum atomic E-state index is -0.542. The van der Waals surface area contributed by atoms with Crippen molar-refractivity contribution in [3.05, 3.63) is 79.1 Å². The van der Waals surface area contributed by atoms with Crippen molar-refractivity contribution in [3.8, 4) is 5.75 Å². The Kier molecular flexibility index (Phi) is 5.89. The second kappa shape index (κ2) is 8.10. The van der Waals surface area contributed by atoms with E-state index in [4.69, 9.17) is 4.74 Å². The molecule has 24 heavy (non-hydrogen) atoms. The Hall–Kier alpha value is -2.89. The van der Waals surface area contributed by atoms with Gasteiger partial charge in [-0.2, -0.15) is 0 Å². The first-order valence-electron chi connectivity index (χ1n) is 7.12. The molecule has 1 aliphatic rings. The van der Waals surface area contributed by atoms with E-state index in [1.807, 2.05) is 18.2 Å². The highest BCUT2D eigenvalue weighted by atomic mass is 35.5. The number of benzene rings is 2. The molecule has 1 aliphatic heterocycles. The molecular formula is C18H15ClN2O3. The van der Waals surface area contributed by atoms with Gasteiger partial charge in [0, 0.05) is 30.0 Å². The van der Waals surface area contributed by atoms with Gasteiger partial charge in [0.05, 0.1) is 0 Å². The lowest BCUT2D eigenvalue weighted by Gasteiger charge is -2.12. The Morgan fingerprint density at radius 3 is 2.17 bits per heavy atom. The van der Waals surface area contributed by atoms with Gasteiger partial charge in [-0.25, -0.2) is 4.79 Å². The molecule has 2 aromatic carbocycles. The van der Waals surface area contributed by atoms with Crippen LogP contribution >= 0.6 is 0 Å². The molecule has 2 N–H and O–H groups in total. The van der Waals surface area contributed by atoms with Gasteiger partial charge in [-0.05, 0) is 24.3 Å². The number of para-hydroxylation sites is 1. The number of halogens is 1. The number of nitrogens with one attached hydrogen (secondary N) is 2. The molecule has 0 fully saturated rings. The molecule has 2 aromatic rings. The number of hydrogen-bond donors (Lipinski definition) is 2. The number of hydrogen-bond acceptors (Lipinski definition) is 3. The highest BCUT2D eigenvalue weighted by Crippen LogP contribution is 2.13. The Labute approximate surface area is 145 Å². The highest BCUT2D eigenvalue weighted by molar-refractivity contribution is 5.99. The summed E-state index contributed by atoms with van der Waals surface area (Å²) >= 11 is 0. The van der Waals surface area contributed by atoms with E-state index in [9.17, 15) is 9.59 Å².